The lowest BCUT2D eigenvalue weighted by atomic mass is 9.74. The van der Waals surface area contributed by atoms with E-state index in [4.69, 9.17) is 0 Å². The monoisotopic (exact) mass is 153 g/mol. The molecule has 0 spiro atoms. The van der Waals surface area contributed by atoms with E-state index in [2.05, 4.69) is 31.5 Å². The normalized spacial score (nSPS) is 22.7. The molecule has 64 valence electrons. The maximum absolute atomic E-state index is 3.82. The highest BCUT2D eigenvalue weighted by atomic mass is 15.2. The van der Waals surface area contributed by atoms with Crippen LogP contribution in [0.2, 0.25) is 0 Å². The zero-order valence-corrected chi connectivity index (χ0v) is 7.77. The quantitative estimate of drug-likeness (QED) is 0.560. The van der Waals surface area contributed by atoms with Gasteiger partial charge in [0.05, 0.1) is 0 Å². The molecule has 1 aliphatic rings. The van der Waals surface area contributed by atoms with Crippen molar-refractivity contribution in [3.05, 3.63) is 12.7 Å². The topological polar surface area (TPSA) is 3.24 Å². The van der Waals surface area contributed by atoms with Gasteiger partial charge in [-0.1, -0.05) is 19.4 Å². The van der Waals surface area contributed by atoms with Crippen LogP contribution in [0.15, 0.2) is 12.7 Å². The Morgan fingerprint density at radius 1 is 1.55 bits per heavy atom. The average Bonchev–Trinajstić information content (AvgIpc) is 1.86. The predicted octanol–water partition coefficient (Wildman–Crippen LogP) is 2.29. The zero-order valence-electron chi connectivity index (χ0n) is 7.77. The second kappa shape index (κ2) is 3.40. The molecule has 1 nitrogen and oxygen atoms in total. The fourth-order valence-electron chi connectivity index (χ4n) is 2.32. The van der Waals surface area contributed by atoms with Gasteiger partial charge in [-0.05, 0) is 25.3 Å². The van der Waals surface area contributed by atoms with E-state index in [0.29, 0.717) is 5.41 Å². The van der Waals surface area contributed by atoms with Crippen LogP contribution < -0.4 is 0 Å². The summed E-state index contributed by atoms with van der Waals surface area (Å²) in [6, 6.07) is 0. The minimum absolute atomic E-state index is 0.602. The van der Waals surface area contributed by atoms with Gasteiger partial charge in [0.2, 0.25) is 0 Å². The van der Waals surface area contributed by atoms with Crippen molar-refractivity contribution in [2.45, 2.75) is 26.2 Å². The molecule has 11 heavy (non-hydrogen) atoms. The van der Waals surface area contributed by atoms with Gasteiger partial charge in [0, 0.05) is 13.1 Å². The van der Waals surface area contributed by atoms with Crippen molar-refractivity contribution >= 4 is 0 Å². The predicted molar refractivity (Wildman–Crippen MR) is 49.7 cm³/mol. The minimum Gasteiger partial charge on any atom is -0.305 e. The molecule has 0 aromatic heterocycles. The Kier molecular flexibility index (Phi) is 2.72. The summed E-state index contributed by atoms with van der Waals surface area (Å²) in [5.74, 6) is 0. The fraction of sp³-hybridized carbons (Fsp3) is 0.800. The molecule has 1 rings (SSSR count). The van der Waals surface area contributed by atoms with Crippen LogP contribution in [0.25, 0.3) is 0 Å². The van der Waals surface area contributed by atoms with Crippen LogP contribution >= 0.6 is 0 Å². The van der Waals surface area contributed by atoms with E-state index in [1.165, 1.54) is 32.4 Å². The largest absolute Gasteiger partial charge is 0.305 e. The standard InChI is InChI=1S/C10H19N/c1-4-6-10(7-5-2)8-11(3)9-10/h4H,1,5-9H2,2-3H3. The summed E-state index contributed by atoms with van der Waals surface area (Å²) >= 11 is 0. The van der Waals surface area contributed by atoms with Crippen molar-refractivity contribution < 1.29 is 0 Å². The van der Waals surface area contributed by atoms with Gasteiger partial charge in [0.1, 0.15) is 0 Å². The lowest BCUT2D eigenvalue weighted by Gasteiger charge is -2.48. The molecule has 1 fully saturated rings. The fourth-order valence-corrected chi connectivity index (χ4v) is 2.32. The van der Waals surface area contributed by atoms with Gasteiger partial charge in [0.15, 0.2) is 0 Å². The first-order chi connectivity index (χ1) is 5.22. The van der Waals surface area contributed by atoms with E-state index in [0.717, 1.165) is 0 Å². The molecule has 0 aromatic carbocycles. The number of likely N-dealkylation sites (tertiary alicyclic amines) is 1. The Labute approximate surface area is 70.1 Å². The van der Waals surface area contributed by atoms with E-state index < -0.39 is 0 Å². The Balaban J connectivity index is 2.39. The number of hydrogen-bond acceptors (Lipinski definition) is 1. The van der Waals surface area contributed by atoms with Crippen molar-refractivity contribution in [3.63, 3.8) is 0 Å². The molecule has 1 aliphatic heterocycles. The maximum Gasteiger partial charge on any atom is 0.00504 e. The summed E-state index contributed by atoms with van der Waals surface area (Å²) in [4.78, 5) is 2.39. The highest BCUT2D eigenvalue weighted by molar-refractivity contribution is 4.97. The van der Waals surface area contributed by atoms with Gasteiger partial charge >= 0.3 is 0 Å². The summed E-state index contributed by atoms with van der Waals surface area (Å²) in [5, 5.41) is 0. The van der Waals surface area contributed by atoms with Gasteiger partial charge in [0.25, 0.3) is 0 Å². The van der Waals surface area contributed by atoms with Crippen LogP contribution in [-0.4, -0.2) is 25.0 Å². The highest BCUT2D eigenvalue weighted by Crippen LogP contribution is 2.37. The number of nitrogens with zero attached hydrogens (tertiary/aromatic N) is 1. The lowest BCUT2D eigenvalue weighted by Crippen LogP contribution is -2.53. The van der Waals surface area contributed by atoms with Crippen LogP contribution in [0.5, 0.6) is 0 Å². The summed E-state index contributed by atoms with van der Waals surface area (Å²) in [7, 11) is 2.19. The van der Waals surface area contributed by atoms with Gasteiger partial charge in [-0.3, -0.25) is 0 Å². The van der Waals surface area contributed by atoms with Crippen LogP contribution in [-0.2, 0) is 0 Å². The molecule has 1 saturated heterocycles. The van der Waals surface area contributed by atoms with Gasteiger partial charge in [-0.25, -0.2) is 0 Å². The molecule has 0 radical (unpaired) electrons. The first kappa shape index (κ1) is 8.79. The van der Waals surface area contributed by atoms with E-state index in [1.807, 2.05) is 0 Å². The maximum atomic E-state index is 3.82. The number of hydrogen-bond donors (Lipinski definition) is 0. The Bertz CT molecular complexity index is 128. The van der Waals surface area contributed by atoms with Crippen LogP contribution in [0.4, 0.5) is 0 Å². The summed E-state index contributed by atoms with van der Waals surface area (Å²) < 4.78 is 0. The molecule has 1 heterocycles. The van der Waals surface area contributed by atoms with E-state index in [-0.39, 0.29) is 0 Å². The zero-order chi connectivity index (χ0) is 8.32. The van der Waals surface area contributed by atoms with Crippen LogP contribution in [0.1, 0.15) is 26.2 Å². The molecule has 0 bridgehead atoms. The molecule has 0 atom stereocenters. The third-order valence-electron chi connectivity index (χ3n) is 2.57. The Morgan fingerprint density at radius 3 is 2.55 bits per heavy atom. The first-order valence-corrected chi connectivity index (χ1v) is 4.52. The molecular weight excluding hydrogens is 134 g/mol. The Morgan fingerprint density at radius 2 is 2.18 bits per heavy atom. The number of allylic oxidation sites excluding steroid dienone is 1. The van der Waals surface area contributed by atoms with E-state index >= 15 is 0 Å². The molecule has 0 aliphatic carbocycles. The van der Waals surface area contributed by atoms with Crippen molar-refractivity contribution in [2.75, 3.05) is 20.1 Å². The summed E-state index contributed by atoms with van der Waals surface area (Å²) in [5.41, 5.74) is 0.602. The molecule has 0 N–H and O–H groups in total. The molecule has 1 heteroatoms. The van der Waals surface area contributed by atoms with Crippen LogP contribution in [0.3, 0.4) is 0 Å². The van der Waals surface area contributed by atoms with Gasteiger partial charge in [-0.2, -0.15) is 0 Å². The van der Waals surface area contributed by atoms with E-state index in [9.17, 15) is 0 Å². The number of rotatable bonds is 4. The third-order valence-corrected chi connectivity index (χ3v) is 2.57. The molecule has 0 aromatic rings. The van der Waals surface area contributed by atoms with Crippen molar-refractivity contribution in [2.24, 2.45) is 5.41 Å². The Hall–Kier alpha value is -0.300. The summed E-state index contributed by atoms with van der Waals surface area (Å²) in [6.07, 6.45) is 5.94. The second-order valence-corrected chi connectivity index (χ2v) is 3.92. The van der Waals surface area contributed by atoms with Crippen LogP contribution in [0, 0.1) is 5.41 Å². The summed E-state index contributed by atoms with van der Waals surface area (Å²) in [6.45, 7) is 8.62. The van der Waals surface area contributed by atoms with E-state index in [1.54, 1.807) is 0 Å². The molecule has 0 saturated carbocycles. The van der Waals surface area contributed by atoms with Gasteiger partial charge in [-0.15, -0.1) is 6.58 Å². The molecule has 0 unspecified atom stereocenters. The molecular formula is C10H19N. The third kappa shape index (κ3) is 1.84. The van der Waals surface area contributed by atoms with Gasteiger partial charge < -0.3 is 4.90 Å². The second-order valence-electron chi connectivity index (χ2n) is 3.92. The highest BCUT2D eigenvalue weighted by Gasteiger charge is 2.38. The van der Waals surface area contributed by atoms with Crippen molar-refractivity contribution in [3.8, 4) is 0 Å². The lowest BCUT2D eigenvalue weighted by molar-refractivity contribution is 0.0166. The minimum atomic E-state index is 0.602. The first-order valence-electron chi connectivity index (χ1n) is 4.52. The van der Waals surface area contributed by atoms with Crippen molar-refractivity contribution in [1.82, 2.24) is 4.90 Å². The smallest absolute Gasteiger partial charge is 0.00504 e. The van der Waals surface area contributed by atoms with Crippen molar-refractivity contribution in [1.29, 1.82) is 0 Å². The average molecular weight is 153 g/mol. The SMILES string of the molecule is C=CCC1(CCC)CN(C)C1. The molecule has 0 amide bonds.